The Kier molecular flexibility index (Phi) is 6.30. The molecule has 4 rings (SSSR count). The van der Waals surface area contributed by atoms with E-state index in [9.17, 15) is 19.7 Å². The van der Waals surface area contributed by atoms with Crippen LogP contribution in [0.3, 0.4) is 0 Å². The van der Waals surface area contributed by atoms with E-state index in [4.69, 9.17) is 0 Å². The third-order valence-corrected chi connectivity index (χ3v) is 6.32. The normalized spacial score (nSPS) is 17.4. The third kappa shape index (κ3) is 4.60. The molecule has 0 bridgehead atoms. The number of carbonyl (C=O) groups excluding carboxylic acids is 2. The van der Waals surface area contributed by atoms with Gasteiger partial charge < -0.3 is 9.80 Å². The van der Waals surface area contributed by atoms with E-state index in [-0.39, 0.29) is 23.3 Å². The molecule has 0 N–H and O–H groups in total. The van der Waals surface area contributed by atoms with Crippen molar-refractivity contribution in [1.82, 2.24) is 4.90 Å². The number of likely N-dealkylation sites (tertiary alicyclic amines) is 1. The van der Waals surface area contributed by atoms with Crippen LogP contribution in [-0.4, -0.2) is 47.7 Å². The van der Waals surface area contributed by atoms with Crippen molar-refractivity contribution in [3.05, 3.63) is 69.8 Å². The van der Waals surface area contributed by atoms with Crippen molar-refractivity contribution in [2.24, 2.45) is 5.92 Å². The predicted molar refractivity (Wildman–Crippen MR) is 118 cm³/mol. The SMILES string of the molecule is O=C(c1ccccc1)c1ccc(N2CCC(C(=O)N3CCCCC3)CC2)c([N+](=O)[O-])c1. The van der Waals surface area contributed by atoms with E-state index >= 15 is 0 Å². The number of rotatable bonds is 5. The number of nitrogens with zero attached hydrogens (tertiary/aromatic N) is 3. The summed E-state index contributed by atoms with van der Waals surface area (Å²) < 4.78 is 0. The molecule has 31 heavy (non-hydrogen) atoms. The van der Waals surface area contributed by atoms with Crippen LogP contribution < -0.4 is 4.90 Å². The Balaban J connectivity index is 1.47. The van der Waals surface area contributed by atoms with Crippen molar-refractivity contribution in [3.8, 4) is 0 Å². The lowest BCUT2D eigenvalue weighted by Crippen LogP contribution is -2.44. The van der Waals surface area contributed by atoms with Gasteiger partial charge in [0.2, 0.25) is 5.91 Å². The van der Waals surface area contributed by atoms with E-state index in [0.717, 1.165) is 25.9 Å². The van der Waals surface area contributed by atoms with Gasteiger partial charge in [-0.1, -0.05) is 30.3 Å². The first-order valence-electron chi connectivity index (χ1n) is 11.0. The molecule has 2 aliphatic rings. The Hall–Kier alpha value is -3.22. The van der Waals surface area contributed by atoms with E-state index in [1.807, 2.05) is 15.9 Å². The van der Waals surface area contributed by atoms with Gasteiger partial charge in [-0.3, -0.25) is 19.7 Å². The maximum atomic E-state index is 12.8. The van der Waals surface area contributed by atoms with E-state index in [1.165, 1.54) is 12.5 Å². The summed E-state index contributed by atoms with van der Waals surface area (Å²) in [5.74, 6) is -0.00826. The summed E-state index contributed by atoms with van der Waals surface area (Å²) in [6.45, 7) is 2.89. The second-order valence-electron chi connectivity index (χ2n) is 8.30. The Labute approximate surface area is 181 Å². The van der Waals surface area contributed by atoms with Crippen molar-refractivity contribution < 1.29 is 14.5 Å². The number of hydrogen-bond donors (Lipinski definition) is 0. The average Bonchev–Trinajstić information content (AvgIpc) is 2.84. The van der Waals surface area contributed by atoms with Crippen LogP contribution in [0.2, 0.25) is 0 Å². The highest BCUT2D eigenvalue weighted by Crippen LogP contribution is 2.33. The Morgan fingerprint density at radius 2 is 1.55 bits per heavy atom. The van der Waals surface area contributed by atoms with Gasteiger partial charge in [-0.25, -0.2) is 0 Å². The molecule has 0 aromatic heterocycles. The lowest BCUT2D eigenvalue weighted by Gasteiger charge is -2.36. The van der Waals surface area contributed by atoms with Gasteiger partial charge >= 0.3 is 0 Å². The zero-order valence-corrected chi connectivity index (χ0v) is 17.5. The molecule has 0 saturated carbocycles. The fraction of sp³-hybridized carbons (Fsp3) is 0.417. The number of ketones is 1. The van der Waals surface area contributed by atoms with Crippen molar-refractivity contribution in [2.75, 3.05) is 31.1 Å². The summed E-state index contributed by atoms with van der Waals surface area (Å²) >= 11 is 0. The number of amides is 1. The van der Waals surface area contributed by atoms with Gasteiger partial charge in [0.1, 0.15) is 5.69 Å². The highest BCUT2D eigenvalue weighted by molar-refractivity contribution is 6.09. The molecule has 0 radical (unpaired) electrons. The number of carbonyl (C=O) groups is 2. The summed E-state index contributed by atoms with van der Waals surface area (Å²) in [6.07, 6.45) is 4.72. The number of nitro groups is 1. The fourth-order valence-corrected chi connectivity index (χ4v) is 4.57. The molecular weight excluding hydrogens is 394 g/mol. The Bertz CT molecular complexity index is 962. The van der Waals surface area contributed by atoms with Crippen LogP contribution in [0.4, 0.5) is 11.4 Å². The summed E-state index contributed by atoms with van der Waals surface area (Å²) in [6, 6.07) is 13.5. The van der Waals surface area contributed by atoms with Crippen LogP contribution >= 0.6 is 0 Å². The largest absolute Gasteiger partial charge is 0.366 e. The lowest BCUT2D eigenvalue weighted by atomic mass is 9.93. The van der Waals surface area contributed by atoms with Crippen molar-refractivity contribution in [1.29, 1.82) is 0 Å². The maximum Gasteiger partial charge on any atom is 0.293 e. The Morgan fingerprint density at radius 1 is 0.871 bits per heavy atom. The van der Waals surface area contributed by atoms with Crippen molar-refractivity contribution >= 4 is 23.1 Å². The maximum absolute atomic E-state index is 12.8. The summed E-state index contributed by atoms with van der Waals surface area (Å²) in [5, 5.41) is 11.8. The fourth-order valence-electron chi connectivity index (χ4n) is 4.57. The van der Waals surface area contributed by atoms with Gasteiger partial charge in [0.25, 0.3) is 5.69 Å². The third-order valence-electron chi connectivity index (χ3n) is 6.32. The smallest absolute Gasteiger partial charge is 0.293 e. The van der Waals surface area contributed by atoms with E-state index in [0.29, 0.717) is 42.7 Å². The molecule has 7 heteroatoms. The summed E-state index contributed by atoms with van der Waals surface area (Å²) in [7, 11) is 0. The molecule has 162 valence electrons. The molecule has 7 nitrogen and oxygen atoms in total. The van der Waals surface area contributed by atoms with E-state index < -0.39 is 4.92 Å². The van der Waals surface area contributed by atoms with Gasteiger partial charge in [-0.15, -0.1) is 0 Å². The van der Waals surface area contributed by atoms with E-state index in [2.05, 4.69) is 0 Å². The molecule has 2 aliphatic heterocycles. The van der Waals surface area contributed by atoms with Gasteiger partial charge in [-0.2, -0.15) is 0 Å². The zero-order valence-electron chi connectivity index (χ0n) is 17.5. The average molecular weight is 421 g/mol. The summed E-state index contributed by atoms with van der Waals surface area (Å²) in [4.78, 5) is 40.8. The Morgan fingerprint density at radius 3 is 2.19 bits per heavy atom. The molecule has 2 aromatic rings. The molecule has 0 atom stereocenters. The number of piperidine rings is 2. The molecule has 2 heterocycles. The molecular formula is C24H27N3O4. The van der Waals surface area contributed by atoms with Crippen LogP contribution in [0.25, 0.3) is 0 Å². The minimum atomic E-state index is -0.428. The molecule has 1 amide bonds. The topological polar surface area (TPSA) is 83.8 Å². The van der Waals surface area contributed by atoms with Gasteiger partial charge in [0, 0.05) is 49.3 Å². The summed E-state index contributed by atoms with van der Waals surface area (Å²) in [5.41, 5.74) is 1.25. The monoisotopic (exact) mass is 421 g/mol. The molecule has 0 spiro atoms. The van der Waals surface area contributed by atoms with Gasteiger partial charge in [0.15, 0.2) is 5.78 Å². The standard InChI is InChI=1S/C24H27N3O4/c28-23(18-7-3-1-4-8-18)20-9-10-21(22(17-20)27(30)31)25-15-11-19(12-16-25)24(29)26-13-5-2-6-14-26/h1,3-4,7-10,17,19H,2,5-6,11-16H2. The van der Waals surface area contributed by atoms with Crippen molar-refractivity contribution in [2.45, 2.75) is 32.1 Å². The number of nitro benzene ring substituents is 1. The van der Waals surface area contributed by atoms with Gasteiger partial charge in [0.05, 0.1) is 4.92 Å². The predicted octanol–water partition coefficient (Wildman–Crippen LogP) is 4.05. The van der Waals surface area contributed by atoms with Crippen LogP contribution in [0, 0.1) is 16.0 Å². The van der Waals surface area contributed by atoms with Crippen LogP contribution in [0.1, 0.15) is 48.0 Å². The van der Waals surface area contributed by atoms with E-state index in [1.54, 1.807) is 36.4 Å². The van der Waals surface area contributed by atoms with Crippen molar-refractivity contribution in [3.63, 3.8) is 0 Å². The van der Waals surface area contributed by atoms with Crippen LogP contribution in [0.15, 0.2) is 48.5 Å². The van der Waals surface area contributed by atoms with Crippen LogP contribution in [0.5, 0.6) is 0 Å². The first-order chi connectivity index (χ1) is 15.0. The van der Waals surface area contributed by atoms with Crippen LogP contribution in [-0.2, 0) is 4.79 Å². The van der Waals surface area contributed by atoms with Gasteiger partial charge in [-0.05, 0) is 44.2 Å². The molecule has 2 saturated heterocycles. The molecule has 0 aliphatic carbocycles. The minimum Gasteiger partial charge on any atom is -0.366 e. The molecule has 0 unspecified atom stereocenters. The minimum absolute atomic E-state index is 0.00709. The molecule has 2 fully saturated rings. The lowest BCUT2D eigenvalue weighted by molar-refractivity contribution is -0.384. The number of anilines is 1. The second-order valence-corrected chi connectivity index (χ2v) is 8.30. The quantitative estimate of drug-likeness (QED) is 0.413. The first kappa shape index (κ1) is 21.0. The number of hydrogen-bond acceptors (Lipinski definition) is 5. The number of benzene rings is 2. The zero-order chi connectivity index (χ0) is 21.8. The molecule has 2 aromatic carbocycles. The first-order valence-corrected chi connectivity index (χ1v) is 11.0. The highest BCUT2D eigenvalue weighted by Gasteiger charge is 2.31. The second kappa shape index (κ2) is 9.29. The highest BCUT2D eigenvalue weighted by atomic mass is 16.6.